The molecule has 0 radical (unpaired) electrons. The first-order chi connectivity index (χ1) is 20.1. The molecule has 1 amide bonds. The summed E-state index contributed by atoms with van der Waals surface area (Å²) in [6, 6.07) is 22.4. The highest BCUT2D eigenvalue weighted by molar-refractivity contribution is 5.93. The van der Waals surface area contributed by atoms with Crippen molar-refractivity contribution < 1.29 is 18.8 Å². The molecule has 0 spiro atoms. The van der Waals surface area contributed by atoms with Crippen LogP contribution in [0.15, 0.2) is 89.4 Å². The molecule has 2 atom stereocenters. The van der Waals surface area contributed by atoms with Crippen LogP contribution in [0.4, 0.5) is 0 Å². The number of benzene rings is 3. The lowest BCUT2D eigenvalue weighted by Crippen LogP contribution is -2.45. The molecule has 42 heavy (non-hydrogen) atoms. The van der Waals surface area contributed by atoms with Crippen LogP contribution in [0, 0.1) is 0 Å². The molecule has 0 fully saturated rings. The van der Waals surface area contributed by atoms with Crippen molar-refractivity contribution in [2.45, 2.75) is 44.3 Å². The van der Waals surface area contributed by atoms with Gasteiger partial charge in [0.2, 0.25) is 5.89 Å². The Labute approximate surface area is 244 Å². The van der Waals surface area contributed by atoms with Gasteiger partial charge in [0, 0.05) is 5.54 Å². The summed E-state index contributed by atoms with van der Waals surface area (Å²) in [4.78, 5) is 37.7. The summed E-state index contributed by atoms with van der Waals surface area (Å²) in [6.07, 6.45) is 3.87. The third-order valence-electron chi connectivity index (χ3n) is 6.62. The number of carbonyl (C=O) groups is 3. The lowest BCUT2D eigenvalue weighted by molar-refractivity contribution is -0.120. The highest BCUT2D eigenvalue weighted by Gasteiger charge is 2.25. The molecule has 0 saturated heterocycles. The van der Waals surface area contributed by atoms with Gasteiger partial charge in [0.15, 0.2) is 11.6 Å². The van der Waals surface area contributed by atoms with Gasteiger partial charge in [-0.1, -0.05) is 78.9 Å². The van der Waals surface area contributed by atoms with Gasteiger partial charge in [0.05, 0.1) is 25.2 Å². The Kier molecular flexibility index (Phi) is 10.1. The number of hydrogen-bond donors (Lipinski definition) is 4. The smallest absolute Gasteiger partial charge is 0.306 e. The van der Waals surface area contributed by atoms with Crippen molar-refractivity contribution in [2.75, 3.05) is 13.1 Å². The minimum absolute atomic E-state index is 0.0321. The number of carbonyl (C=O) groups excluding carboxylic acids is 3. The third-order valence-corrected chi connectivity index (χ3v) is 6.62. The number of hydrogen-bond acceptors (Lipinski definition) is 9. The van der Waals surface area contributed by atoms with Crippen molar-refractivity contribution in [1.29, 1.82) is 0 Å². The van der Waals surface area contributed by atoms with Crippen molar-refractivity contribution in [1.82, 2.24) is 20.8 Å². The largest absolute Gasteiger partial charge is 0.415 e. The van der Waals surface area contributed by atoms with Gasteiger partial charge in [-0.15, -0.1) is 10.2 Å². The minimum Gasteiger partial charge on any atom is -0.415 e. The summed E-state index contributed by atoms with van der Waals surface area (Å²) >= 11 is 0. The van der Waals surface area contributed by atoms with Crippen LogP contribution in [-0.4, -0.2) is 52.3 Å². The summed E-state index contributed by atoms with van der Waals surface area (Å²) in [7, 11) is 0. The summed E-state index contributed by atoms with van der Waals surface area (Å²) in [5.74, 6) is -1.35. The molecule has 1 heterocycles. The SMILES string of the molecule is CC(C)(N)/C=C/C(=O)CN[C@H](Cc1ccc2ccccc2c1)C(=O)CN[C@H](Cc1ccccc1)c1nnc(C(N)=O)o1. The number of primary amides is 1. The van der Waals surface area contributed by atoms with Crippen LogP contribution in [0.2, 0.25) is 0 Å². The highest BCUT2D eigenvalue weighted by Crippen LogP contribution is 2.19. The van der Waals surface area contributed by atoms with Crippen LogP contribution in [0.3, 0.4) is 0 Å². The Morgan fingerprint density at radius 1 is 0.881 bits per heavy atom. The first-order valence-corrected chi connectivity index (χ1v) is 13.7. The predicted molar refractivity (Wildman–Crippen MR) is 161 cm³/mol. The van der Waals surface area contributed by atoms with E-state index >= 15 is 0 Å². The molecule has 1 aromatic heterocycles. The van der Waals surface area contributed by atoms with E-state index in [2.05, 4.69) is 20.8 Å². The summed E-state index contributed by atoms with van der Waals surface area (Å²) in [5, 5.41) is 16.2. The lowest BCUT2D eigenvalue weighted by Gasteiger charge is -2.20. The number of rotatable bonds is 15. The van der Waals surface area contributed by atoms with Gasteiger partial charge in [-0.05, 0) is 54.7 Å². The maximum absolute atomic E-state index is 13.6. The van der Waals surface area contributed by atoms with Crippen molar-refractivity contribution >= 4 is 28.2 Å². The van der Waals surface area contributed by atoms with E-state index in [4.69, 9.17) is 15.9 Å². The average molecular weight is 569 g/mol. The van der Waals surface area contributed by atoms with E-state index in [9.17, 15) is 14.4 Å². The monoisotopic (exact) mass is 568 g/mol. The van der Waals surface area contributed by atoms with Gasteiger partial charge in [-0.3, -0.25) is 25.0 Å². The fourth-order valence-corrected chi connectivity index (χ4v) is 4.41. The lowest BCUT2D eigenvalue weighted by atomic mass is 9.98. The van der Waals surface area contributed by atoms with E-state index < -0.39 is 23.5 Å². The van der Waals surface area contributed by atoms with Crippen molar-refractivity contribution in [3.8, 4) is 0 Å². The van der Waals surface area contributed by atoms with Crippen LogP contribution >= 0.6 is 0 Å². The Hall–Kier alpha value is -4.51. The number of amides is 1. The Balaban J connectivity index is 1.52. The average Bonchev–Trinajstić information content (AvgIpc) is 3.47. The zero-order valence-electron chi connectivity index (χ0n) is 23.7. The number of nitrogens with zero attached hydrogens (tertiary/aromatic N) is 2. The van der Waals surface area contributed by atoms with Crippen molar-refractivity contribution in [3.63, 3.8) is 0 Å². The molecule has 0 aliphatic rings. The topological polar surface area (TPSA) is 166 Å². The third kappa shape index (κ3) is 9.00. The van der Waals surface area contributed by atoms with Gasteiger partial charge in [-0.25, -0.2) is 0 Å². The molecule has 0 unspecified atom stereocenters. The molecule has 10 nitrogen and oxygen atoms in total. The molecule has 3 aromatic carbocycles. The molecule has 6 N–H and O–H groups in total. The molecular formula is C32H36N6O4. The van der Waals surface area contributed by atoms with E-state index in [1.165, 1.54) is 6.08 Å². The van der Waals surface area contributed by atoms with Crippen LogP contribution < -0.4 is 22.1 Å². The normalized spacial score (nSPS) is 13.3. The second-order valence-electron chi connectivity index (χ2n) is 10.8. The van der Waals surface area contributed by atoms with Crippen LogP contribution in [0.25, 0.3) is 10.8 Å². The first-order valence-electron chi connectivity index (χ1n) is 13.7. The molecular weight excluding hydrogens is 532 g/mol. The molecule has 0 aliphatic carbocycles. The quantitative estimate of drug-likeness (QED) is 0.158. The van der Waals surface area contributed by atoms with Gasteiger partial charge in [0.1, 0.15) is 0 Å². The molecule has 0 aliphatic heterocycles. The fraction of sp³-hybridized carbons (Fsp3) is 0.281. The number of aromatic nitrogens is 2. The number of ketones is 2. The van der Waals surface area contributed by atoms with Gasteiger partial charge in [0.25, 0.3) is 0 Å². The number of fused-ring (bicyclic) bond motifs is 1. The summed E-state index contributed by atoms with van der Waals surface area (Å²) in [5.41, 5.74) is 12.5. The Bertz CT molecular complexity index is 1560. The Morgan fingerprint density at radius 2 is 1.60 bits per heavy atom. The second-order valence-corrected chi connectivity index (χ2v) is 10.8. The Morgan fingerprint density at radius 3 is 2.29 bits per heavy atom. The number of Topliss-reactive ketones (excluding diaryl/α,β-unsaturated/α-hetero) is 1. The first kappa shape index (κ1) is 30.4. The van der Waals surface area contributed by atoms with Crippen LogP contribution in [0.1, 0.15) is 47.6 Å². The fourth-order valence-electron chi connectivity index (χ4n) is 4.41. The standard InChI is InChI=1S/C32H36N6O4/c1-32(2,34)15-14-25(39)19-35-26(18-22-12-13-23-10-6-7-11-24(23)16-22)28(40)20-36-27(17-21-8-4-3-5-9-21)30-37-38-31(42-30)29(33)41/h3-16,26-27,35-36H,17-20,34H2,1-2H3,(H2,33,41)/b15-14+/t26-,27-/m1/s1. The van der Waals surface area contributed by atoms with Gasteiger partial charge < -0.3 is 15.9 Å². The molecule has 218 valence electrons. The summed E-state index contributed by atoms with van der Waals surface area (Å²) < 4.78 is 5.49. The van der Waals surface area contributed by atoms with Crippen molar-refractivity contribution in [2.24, 2.45) is 11.5 Å². The van der Waals surface area contributed by atoms with E-state index in [-0.39, 0.29) is 36.4 Å². The van der Waals surface area contributed by atoms with Crippen LogP contribution in [-0.2, 0) is 22.4 Å². The minimum atomic E-state index is -0.834. The maximum Gasteiger partial charge on any atom is 0.306 e. The second kappa shape index (κ2) is 13.9. The molecule has 0 bridgehead atoms. The van der Waals surface area contributed by atoms with Gasteiger partial charge >= 0.3 is 11.8 Å². The molecule has 4 rings (SSSR count). The zero-order valence-corrected chi connectivity index (χ0v) is 23.7. The van der Waals surface area contributed by atoms with E-state index in [0.717, 1.165) is 21.9 Å². The molecule has 10 heteroatoms. The zero-order chi connectivity index (χ0) is 30.1. The summed E-state index contributed by atoms with van der Waals surface area (Å²) in [6.45, 7) is 3.50. The van der Waals surface area contributed by atoms with E-state index in [1.54, 1.807) is 19.9 Å². The number of nitrogens with two attached hydrogens (primary N) is 2. The van der Waals surface area contributed by atoms with Crippen LogP contribution in [0.5, 0.6) is 0 Å². The molecule has 4 aromatic rings. The highest BCUT2D eigenvalue weighted by atomic mass is 16.4. The van der Waals surface area contributed by atoms with Gasteiger partial charge in [-0.2, -0.15) is 0 Å². The van der Waals surface area contributed by atoms with E-state index in [0.29, 0.717) is 12.8 Å². The van der Waals surface area contributed by atoms with E-state index in [1.807, 2.05) is 72.8 Å². The molecule has 0 saturated carbocycles. The predicted octanol–water partition coefficient (Wildman–Crippen LogP) is 2.83. The van der Waals surface area contributed by atoms with Crippen molar-refractivity contribution in [3.05, 3.63) is 108 Å². The number of nitrogens with one attached hydrogen (secondary N) is 2. The maximum atomic E-state index is 13.6.